The molecule has 0 aliphatic heterocycles. The van der Waals surface area contributed by atoms with Gasteiger partial charge in [0.1, 0.15) is 0 Å². The summed E-state index contributed by atoms with van der Waals surface area (Å²) in [6.07, 6.45) is 10.5. The van der Waals surface area contributed by atoms with Crippen molar-refractivity contribution in [2.75, 3.05) is 6.54 Å². The summed E-state index contributed by atoms with van der Waals surface area (Å²) in [4.78, 5) is 4.47. The second-order valence-electron chi connectivity index (χ2n) is 4.77. The first-order valence-corrected chi connectivity index (χ1v) is 7.23. The van der Waals surface area contributed by atoms with Crippen molar-refractivity contribution in [1.82, 2.24) is 10.3 Å². The van der Waals surface area contributed by atoms with E-state index in [1.165, 1.54) is 37.7 Å². The van der Waals surface area contributed by atoms with Gasteiger partial charge < -0.3 is 5.32 Å². The number of rotatable bonds is 4. The van der Waals surface area contributed by atoms with E-state index in [0.29, 0.717) is 5.02 Å². The molecule has 2 rings (SSSR count). The Hall–Kier alpha value is -0.860. The van der Waals surface area contributed by atoms with Gasteiger partial charge in [0, 0.05) is 6.20 Å². The topological polar surface area (TPSA) is 24.9 Å². The number of likely N-dealkylation sites (N-methyl/N-ethyl adjacent to an activating group) is 1. The molecule has 0 fully saturated rings. The van der Waals surface area contributed by atoms with Crippen LogP contribution in [0.3, 0.4) is 0 Å². The maximum atomic E-state index is 5.91. The predicted octanol–water partition coefficient (Wildman–Crippen LogP) is 4.28. The van der Waals surface area contributed by atoms with Gasteiger partial charge >= 0.3 is 0 Å². The Morgan fingerprint density at radius 2 is 2.22 bits per heavy atom. The molecule has 18 heavy (non-hydrogen) atoms. The molecule has 1 unspecified atom stereocenters. The largest absolute Gasteiger partial charge is 0.306 e. The molecule has 0 saturated heterocycles. The highest BCUT2D eigenvalue weighted by Crippen LogP contribution is 2.28. The summed E-state index contributed by atoms with van der Waals surface area (Å²) >= 11 is 5.91. The quantitative estimate of drug-likeness (QED) is 0.822. The van der Waals surface area contributed by atoms with Gasteiger partial charge in [0.05, 0.1) is 16.8 Å². The van der Waals surface area contributed by atoms with E-state index in [4.69, 9.17) is 11.6 Å². The first-order valence-electron chi connectivity index (χ1n) is 6.85. The monoisotopic (exact) mass is 264 g/mol. The third-order valence-corrected chi connectivity index (χ3v) is 3.62. The molecule has 1 atom stereocenters. The van der Waals surface area contributed by atoms with E-state index >= 15 is 0 Å². The van der Waals surface area contributed by atoms with Gasteiger partial charge in [0.2, 0.25) is 0 Å². The number of allylic oxidation sites excluding steroid dienone is 1. The maximum absolute atomic E-state index is 5.91. The van der Waals surface area contributed by atoms with Gasteiger partial charge in [-0.3, -0.25) is 4.98 Å². The van der Waals surface area contributed by atoms with Crippen molar-refractivity contribution in [3.8, 4) is 0 Å². The molecular formula is C15H21ClN2. The van der Waals surface area contributed by atoms with Crippen molar-refractivity contribution in [2.24, 2.45) is 0 Å². The van der Waals surface area contributed by atoms with Gasteiger partial charge in [-0.15, -0.1) is 0 Å². The van der Waals surface area contributed by atoms with Gasteiger partial charge in [-0.1, -0.05) is 36.6 Å². The Bertz CT molecular complexity index is 397. The van der Waals surface area contributed by atoms with Crippen LogP contribution in [-0.4, -0.2) is 11.5 Å². The summed E-state index contributed by atoms with van der Waals surface area (Å²) in [5.41, 5.74) is 2.57. The van der Waals surface area contributed by atoms with Gasteiger partial charge in [-0.2, -0.15) is 0 Å². The lowest BCUT2D eigenvalue weighted by Gasteiger charge is -2.20. The van der Waals surface area contributed by atoms with Crippen molar-refractivity contribution in [2.45, 2.75) is 45.1 Å². The molecule has 0 saturated carbocycles. The van der Waals surface area contributed by atoms with Gasteiger partial charge in [-0.05, 0) is 44.4 Å². The second kappa shape index (κ2) is 6.91. The van der Waals surface area contributed by atoms with E-state index < -0.39 is 0 Å². The molecule has 1 aliphatic carbocycles. The Labute approximate surface area is 114 Å². The fourth-order valence-corrected chi connectivity index (χ4v) is 2.60. The molecule has 0 amide bonds. The Morgan fingerprint density at radius 3 is 2.94 bits per heavy atom. The highest BCUT2D eigenvalue weighted by Gasteiger charge is 2.17. The number of pyridine rings is 1. The third-order valence-electron chi connectivity index (χ3n) is 3.40. The van der Waals surface area contributed by atoms with Crippen LogP contribution in [0.5, 0.6) is 0 Å². The average molecular weight is 265 g/mol. The molecule has 1 aliphatic rings. The fourth-order valence-electron chi connectivity index (χ4n) is 2.49. The first-order chi connectivity index (χ1) is 8.81. The molecule has 1 aromatic rings. The number of nitrogens with zero attached hydrogens (tertiary/aromatic N) is 1. The molecule has 1 N–H and O–H groups in total. The molecule has 0 spiro atoms. The summed E-state index contributed by atoms with van der Waals surface area (Å²) in [5.74, 6) is 0. The summed E-state index contributed by atoms with van der Waals surface area (Å²) < 4.78 is 0. The van der Waals surface area contributed by atoms with Gasteiger partial charge in [0.25, 0.3) is 0 Å². The zero-order chi connectivity index (χ0) is 12.8. The molecule has 3 heteroatoms. The van der Waals surface area contributed by atoms with Crippen molar-refractivity contribution < 1.29 is 0 Å². The van der Waals surface area contributed by atoms with E-state index in [2.05, 4.69) is 23.3 Å². The van der Waals surface area contributed by atoms with Crippen LogP contribution in [0, 0.1) is 0 Å². The van der Waals surface area contributed by atoms with Crippen LogP contribution in [0.25, 0.3) is 0 Å². The lowest BCUT2D eigenvalue weighted by atomic mass is 9.98. The predicted molar refractivity (Wildman–Crippen MR) is 76.8 cm³/mol. The highest BCUT2D eigenvalue weighted by atomic mass is 35.5. The second-order valence-corrected chi connectivity index (χ2v) is 5.21. The first kappa shape index (κ1) is 13.6. The molecule has 1 aromatic heterocycles. The van der Waals surface area contributed by atoms with Crippen LogP contribution in [-0.2, 0) is 0 Å². The lowest BCUT2D eigenvalue weighted by Crippen LogP contribution is -2.23. The van der Waals surface area contributed by atoms with Gasteiger partial charge in [0.15, 0.2) is 0 Å². The summed E-state index contributed by atoms with van der Waals surface area (Å²) in [6.45, 7) is 3.09. The number of halogens is 1. The van der Waals surface area contributed by atoms with Gasteiger partial charge in [-0.25, -0.2) is 0 Å². The normalized spacial score (nSPS) is 18.0. The fraction of sp³-hybridized carbons (Fsp3) is 0.533. The number of hydrogen-bond donors (Lipinski definition) is 1. The molecule has 98 valence electrons. The SMILES string of the molecule is CCNC(C1=CCCCCC1)c1ccc(Cl)cn1. The Kier molecular flexibility index (Phi) is 5.21. The van der Waals surface area contributed by atoms with E-state index in [9.17, 15) is 0 Å². The molecular weight excluding hydrogens is 244 g/mol. The number of nitrogens with one attached hydrogen (secondary N) is 1. The Morgan fingerprint density at radius 1 is 1.33 bits per heavy atom. The molecule has 1 heterocycles. The molecule has 0 bridgehead atoms. The Balaban J connectivity index is 2.21. The summed E-state index contributed by atoms with van der Waals surface area (Å²) in [7, 11) is 0. The van der Waals surface area contributed by atoms with E-state index in [-0.39, 0.29) is 6.04 Å². The van der Waals surface area contributed by atoms with E-state index in [0.717, 1.165) is 12.2 Å². The van der Waals surface area contributed by atoms with Crippen LogP contribution in [0.15, 0.2) is 30.0 Å². The van der Waals surface area contributed by atoms with Crippen molar-refractivity contribution in [3.05, 3.63) is 40.7 Å². The minimum atomic E-state index is 0.255. The minimum absolute atomic E-state index is 0.255. The summed E-state index contributed by atoms with van der Waals surface area (Å²) in [6, 6.07) is 4.21. The number of aromatic nitrogens is 1. The molecule has 0 radical (unpaired) electrons. The van der Waals surface area contributed by atoms with Crippen molar-refractivity contribution in [3.63, 3.8) is 0 Å². The minimum Gasteiger partial charge on any atom is -0.306 e. The molecule has 2 nitrogen and oxygen atoms in total. The van der Waals surface area contributed by atoms with E-state index in [1.807, 2.05) is 12.1 Å². The van der Waals surface area contributed by atoms with Crippen LogP contribution in [0.4, 0.5) is 0 Å². The summed E-state index contributed by atoms with van der Waals surface area (Å²) in [5, 5.41) is 4.24. The number of hydrogen-bond acceptors (Lipinski definition) is 2. The van der Waals surface area contributed by atoms with Crippen molar-refractivity contribution >= 4 is 11.6 Å². The zero-order valence-electron chi connectivity index (χ0n) is 11.0. The maximum Gasteiger partial charge on any atom is 0.0710 e. The van der Waals surface area contributed by atoms with Crippen molar-refractivity contribution in [1.29, 1.82) is 0 Å². The average Bonchev–Trinajstić information content (AvgIpc) is 2.66. The smallest absolute Gasteiger partial charge is 0.0710 e. The van der Waals surface area contributed by atoms with Crippen LogP contribution in [0.1, 0.15) is 50.8 Å². The van der Waals surface area contributed by atoms with Crippen LogP contribution < -0.4 is 5.32 Å². The lowest BCUT2D eigenvalue weighted by molar-refractivity contribution is 0.577. The highest BCUT2D eigenvalue weighted by molar-refractivity contribution is 6.30. The van der Waals surface area contributed by atoms with Crippen LogP contribution in [0.2, 0.25) is 5.02 Å². The molecule has 0 aromatic carbocycles. The standard InChI is InChI=1S/C15H21ClN2/c1-2-17-15(12-7-5-3-4-6-8-12)14-10-9-13(16)11-18-14/h7,9-11,15,17H,2-6,8H2,1H3. The zero-order valence-corrected chi connectivity index (χ0v) is 11.7. The van der Waals surface area contributed by atoms with E-state index in [1.54, 1.807) is 6.20 Å². The third kappa shape index (κ3) is 3.56. The van der Waals surface area contributed by atoms with Crippen LogP contribution >= 0.6 is 11.6 Å².